The van der Waals surface area contributed by atoms with Crippen LogP contribution < -0.4 is 19.8 Å². The number of nitro groups is 1. The summed E-state index contributed by atoms with van der Waals surface area (Å²) >= 11 is 0. The predicted octanol–water partition coefficient (Wildman–Crippen LogP) is 6.28. The first-order valence-corrected chi connectivity index (χ1v) is 20.7. The number of rotatable bonds is 10. The highest BCUT2D eigenvalue weighted by Gasteiger charge is 2.66. The number of benzene rings is 4. The molecular weight excluding hydrogens is 677 g/mol. The second-order valence-corrected chi connectivity index (χ2v) is 19.0. The van der Waals surface area contributed by atoms with E-state index in [1.54, 1.807) is 18.1 Å². The molecule has 3 aliphatic rings. The number of aliphatic hydroxyl groups excluding tert-OH is 1. The Morgan fingerprint density at radius 2 is 1.75 bits per heavy atom. The van der Waals surface area contributed by atoms with Crippen molar-refractivity contribution in [2.45, 2.75) is 63.1 Å². The van der Waals surface area contributed by atoms with Crippen LogP contribution in [0.15, 0.2) is 102 Å². The Morgan fingerprint density at radius 3 is 2.44 bits per heavy atom. The number of methoxy groups -OCH3 is 1. The quantitative estimate of drug-likeness (QED) is 0.116. The van der Waals surface area contributed by atoms with Crippen molar-refractivity contribution in [2.24, 2.45) is 11.0 Å². The van der Waals surface area contributed by atoms with E-state index in [0.717, 1.165) is 27.8 Å². The molecule has 1 saturated heterocycles. The Bertz CT molecular complexity index is 2050. The molecule has 0 saturated carbocycles. The maximum Gasteiger partial charge on any atom is 0.269 e. The summed E-state index contributed by atoms with van der Waals surface area (Å²) in [6.07, 6.45) is 0.711. The molecule has 1 N–H and O–H groups in total. The number of ether oxygens (including phenoxy) is 2. The third-order valence-electron chi connectivity index (χ3n) is 11.1. The van der Waals surface area contributed by atoms with Crippen LogP contribution in [0.2, 0.25) is 18.6 Å². The van der Waals surface area contributed by atoms with Gasteiger partial charge in [0.25, 0.3) is 11.6 Å². The molecule has 4 aromatic carbocycles. The number of hydrogen-bond acceptors (Lipinski definition) is 8. The molecule has 7 rings (SSSR count). The van der Waals surface area contributed by atoms with Gasteiger partial charge < -0.3 is 19.5 Å². The fraction of sp³-hybridized carbons (Fsp3) is 0.325. The van der Waals surface area contributed by atoms with Crippen LogP contribution in [0.3, 0.4) is 0 Å². The molecule has 12 heteroatoms. The van der Waals surface area contributed by atoms with E-state index in [-0.39, 0.29) is 42.1 Å². The fourth-order valence-electron chi connectivity index (χ4n) is 8.53. The summed E-state index contributed by atoms with van der Waals surface area (Å²) in [7, 11) is -0.807. The maximum absolute atomic E-state index is 15.0. The minimum absolute atomic E-state index is 0.117. The van der Waals surface area contributed by atoms with Crippen LogP contribution in [-0.4, -0.2) is 55.5 Å². The topological polar surface area (TPSA) is 135 Å². The van der Waals surface area contributed by atoms with Crippen molar-refractivity contribution in [3.05, 3.63) is 124 Å². The molecule has 4 atom stereocenters. The molecule has 52 heavy (non-hydrogen) atoms. The number of aliphatic hydroxyl groups is 1. The van der Waals surface area contributed by atoms with Gasteiger partial charge in [0.15, 0.2) is 5.60 Å². The van der Waals surface area contributed by atoms with Crippen molar-refractivity contribution < 1.29 is 29.1 Å². The SMILES string of the molecule is COc1ccc([Si](C)(C)[C@@H]2[C@@H](CCO)O[C@]3(C(=O)N(Cc4cccc(N5N=C(c6ccccc6)CCC5=O)c4)c4ccc([N+](=O)[O-])cc43)[C@H]2C)cc1. The Kier molecular flexibility index (Phi) is 9.32. The normalized spacial score (nSPS) is 22.9. The van der Waals surface area contributed by atoms with Gasteiger partial charge in [0.05, 0.1) is 49.8 Å². The molecule has 1 spiro atoms. The first kappa shape index (κ1) is 35.2. The summed E-state index contributed by atoms with van der Waals surface area (Å²) in [6, 6.07) is 29.7. The van der Waals surface area contributed by atoms with E-state index in [2.05, 4.69) is 25.2 Å². The number of carbonyl (C=O) groups excluding carboxylic acids is 2. The molecule has 0 aliphatic carbocycles. The summed E-state index contributed by atoms with van der Waals surface area (Å²) in [6.45, 7) is 6.50. The number of nitro benzene ring substituents is 1. The third kappa shape index (κ3) is 5.90. The maximum atomic E-state index is 15.0. The van der Waals surface area contributed by atoms with Gasteiger partial charge >= 0.3 is 0 Å². The van der Waals surface area contributed by atoms with Crippen molar-refractivity contribution in [3.8, 4) is 5.75 Å². The van der Waals surface area contributed by atoms with Gasteiger partial charge in [0.2, 0.25) is 5.91 Å². The van der Waals surface area contributed by atoms with Crippen LogP contribution in [0.5, 0.6) is 5.75 Å². The molecule has 268 valence electrons. The van der Waals surface area contributed by atoms with E-state index in [1.165, 1.54) is 17.1 Å². The van der Waals surface area contributed by atoms with E-state index in [0.29, 0.717) is 36.2 Å². The van der Waals surface area contributed by atoms with E-state index in [1.807, 2.05) is 73.7 Å². The summed E-state index contributed by atoms with van der Waals surface area (Å²) in [4.78, 5) is 41.4. The summed E-state index contributed by atoms with van der Waals surface area (Å²) in [5.41, 5.74) is 2.37. The largest absolute Gasteiger partial charge is 0.497 e. The highest BCUT2D eigenvalue weighted by molar-refractivity contribution is 6.91. The first-order chi connectivity index (χ1) is 25.0. The van der Waals surface area contributed by atoms with Crippen molar-refractivity contribution in [1.29, 1.82) is 0 Å². The zero-order valence-corrected chi connectivity index (χ0v) is 30.7. The predicted molar refractivity (Wildman–Crippen MR) is 202 cm³/mol. The second-order valence-electron chi connectivity index (χ2n) is 14.3. The average molecular weight is 719 g/mol. The number of anilines is 2. The van der Waals surface area contributed by atoms with Crippen LogP contribution in [0.4, 0.5) is 17.1 Å². The fourth-order valence-corrected chi connectivity index (χ4v) is 12.6. The van der Waals surface area contributed by atoms with Gasteiger partial charge in [-0.15, -0.1) is 0 Å². The van der Waals surface area contributed by atoms with Crippen LogP contribution in [0, 0.1) is 16.0 Å². The monoisotopic (exact) mass is 718 g/mol. The molecule has 3 heterocycles. The van der Waals surface area contributed by atoms with Crippen molar-refractivity contribution in [2.75, 3.05) is 23.6 Å². The second kappa shape index (κ2) is 13.8. The lowest BCUT2D eigenvalue weighted by molar-refractivity contribution is -0.385. The standard InChI is InChI=1S/C40H42N4O7Si/c1-26-38(52(3,4)32-16-14-31(50-2)15-17-32)36(21-22-45)51-40(26)33-24-30(44(48)49)13-19-35(33)42(39(40)47)25-27-9-8-12-29(23-27)43-37(46)20-18-34(41-43)28-10-6-5-7-11-28/h5-17,19,23-24,26,36,38,45H,18,20-22,25H2,1-4H3/t26-,36+,38-,40+/m0/s1. The number of nitrogens with zero attached hydrogens (tertiary/aromatic N) is 4. The van der Waals surface area contributed by atoms with Gasteiger partial charge in [-0.2, -0.15) is 5.10 Å². The van der Waals surface area contributed by atoms with Gasteiger partial charge in [0, 0.05) is 43.1 Å². The number of amides is 2. The first-order valence-electron chi connectivity index (χ1n) is 17.6. The van der Waals surface area contributed by atoms with E-state index in [9.17, 15) is 20.0 Å². The summed E-state index contributed by atoms with van der Waals surface area (Å²) < 4.78 is 12.3. The van der Waals surface area contributed by atoms with Crippen LogP contribution in [0.25, 0.3) is 0 Å². The third-order valence-corrected chi connectivity index (χ3v) is 15.4. The van der Waals surface area contributed by atoms with Gasteiger partial charge in [-0.3, -0.25) is 19.7 Å². The molecule has 11 nitrogen and oxygen atoms in total. The lowest BCUT2D eigenvalue weighted by Gasteiger charge is -2.37. The smallest absolute Gasteiger partial charge is 0.269 e. The highest BCUT2D eigenvalue weighted by Crippen LogP contribution is 2.60. The lowest BCUT2D eigenvalue weighted by atomic mass is 9.82. The highest BCUT2D eigenvalue weighted by atomic mass is 28.3. The molecule has 0 radical (unpaired) electrons. The molecule has 0 bridgehead atoms. The van der Waals surface area contributed by atoms with Crippen LogP contribution >= 0.6 is 0 Å². The van der Waals surface area contributed by atoms with Gasteiger partial charge in [0.1, 0.15) is 5.75 Å². The van der Waals surface area contributed by atoms with Gasteiger partial charge in [-0.1, -0.05) is 79.8 Å². The molecule has 3 aliphatic heterocycles. The van der Waals surface area contributed by atoms with Crippen molar-refractivity contribution in [1.82, 2.24) is 0 Å². The van der Waals surface area contributed by atoms with Crippen molar-refractivity contribution in [3.63, 3.8) is 0 Å². The molecular formula is C40H42N4O7Si. The van der Waals surface area contributed by atoms with Crippen LogP contribution in [0.1, 0.15) is 42.9 Å². The number of hydrazone groups is 1. The minimum atomic E-state index is -2.43. The number of carbonyl (C=O) groups is 2. The van der Waals surface area contributed by atoms with Crippen LogP contribution in [-0.2, 0) is 26.5 Å². The summed E-state index contributed by atoms with van der Waals surface area (Å²) in [5.74, 6) is -0.0606. The molecule has 4 aromatic rings. The lowest BCUT2D eigenvalue weighted by Crippen LogP contribution is -2.51. The summed E-state index contributed by atoms with van der Waals surface area (Å²) in [5, 5.41) is 29.6. The minimum Gasteiger partial charge on any atom is -0.497 e. The zero-order valence-electron chi connectivity index (χ0n) is 29.7. The molecule has 2 amide bonds. The molecule has 0 aromatic heterocycles. The Labute approximate surface area is 303 Å². The average Bonchev–Trinajstić information content (AvgIpc) is 3.58. The zero-order chi connectivity index (χ0) is 36.8. The number of hydrogen-bond donors (Lipinski definition) is 1. The molecule has 0 unspecified atom stereocenters. The Balaban J connectivity index is 1.27. The molecule has 1 fully saturated rings. The van der Waals surface area contributed by atoms with E-state index < -0.39 is 24.7 Å². The van der Waals surface area contributed by atoms with Gasteiger partial charge in [-0.25, -0.2) is 5.01 Å². The Hall–Kier alpha value is -5.17. The van der Waals surface area contributed by atoms with E-state index >= 15 is 4.79 Å². The number of non-ortho nitro benzene ring substituents is 1. The number of fused-ring (bicyclic) bond motifs is 2. The Morgan fingerprint density at radius 1 is 1.00 bits per heavy atom. The van der Waals surface area contributed by atoms with E-state index in [4.69, 9.17) is 14.6 Å². The van der Waals surface area contributed by atoms with Crippen molar-refractivity contribution >= 4 is 47.8 Å². The van der Waals surface area contributed by atoms with Gasteiger partial charge in [-0.05, 0) is 53.4 Å².